The molecule has 0 saturated carbocycles. The van der Waals surface area contributed by atoms with Crippen LogP contribution < -0.4 is 22.1 Å². The number of nitrogens with two attached hydrogens (primary N) is 2. The first kappa shape index (κ1) is 43.3. The number of amides is 3. The minimum Gasteiger partial charge on any atom is -0.478 e. The van der Waals surface area contributed by atoms with Crippen LogP contribution in [0.25, 0.3) is 0 Å². The number of carboxylic acids is 2. The molecule has 0 radical (unpaired) electrons. The molecule has 0 heterocycles. The van der Waals surface area contributed by atoms with Gasteiger partial charge >= 0.3 is 24.1 Å². The lowest BCUT2D eigenvalue weighted by Gasteiger charge is -2.22. The summed E-state index contributed by atoms with van der Waals surface area (Å²) in [7, 11) is 0. The monoisotopic (exact) mass is 766 g/mol. The number of benzene rings is 3. The van der Waals surface area contributed by atoms with Crippen molar-refractivity contribution in [3.05, 3.63) is 105 Å². The van der Waals surface area contributed by atoms with Crippen LogP contribution in [0.4, 0.5) is 9.59 Å². The number of primary amides is 1. The first-order chi connectivity index (χ1) is 24.7. The molecule has 0 aromatic heterocycles. The Morgan fingerprint density at radius 2 is 0.963 bits per heavy atom. The van der Waals surface area contributed by atoms with Crippen LogP contribution in [-0.4, -0.2) is 51.4 Å². The van der Waals surface area contributed by atoms with E-state index < -0.39 is 41.2 Å². The van der Waals surface area contributed by atoms with Crippen molar-refractivity contribution in [1.29, 1.82) is 0 Å². The summed E-state index contributed by atoms with van der Waals surface area (Å²) in [5, 5.41) is 23.4. The van der Waals surface area contributed by atoms with Gasteiger partial charge < -0.3 is 41.8 Å². The molecule has 3 aromatic rings. The van der Waals surface area contributed by atoms with Crippen molar-refractivity contribution in [1.82, 2.24) is 10.6 Å². The Morgan fingerprint density at radius 3 is 1.35 bits per heavy atom. The predicted molar refractivity (Wildman–Crippen MR) is 205 cm³/mol. The smallest absolute Gasteiger partial charge is 0.408 e. The Labute approximate surface area is 321 Å². The van der Waals surface area contributed by atoms with E-state index in [0.717, 1.165) is 71.9 Å². The van der Waals surface area contributed by atoms with E-state index in [-0.39, 0.29) is 36.1 Å². The van der Waals surface area contributed by atoms with Crippen LogP contribution in [0.5, 0.6) is 0 Å². The van der Waals surface area contributed by atoms with E-state index in [2.05, 4.69) is 10.6 Å². The van der Waals surface area contributed by atoms with Gasteiger partial charge in [-0.25, -0.2) is 19.2 Å². The molecule has 0 bridgehead atoms. The minimum atomic E-state index is -0.934. The number of rotatable bonds is 5. The molecule has 3 aliphatic rings. The van der Waals surface area contributed by atoms with Gasteiger partial charge in [0.25, 0.3) is 0 Å². The number of halogens is 1. The third-order valence-electron chi connectivity index (χ3n) is 8.87. The van der Waals surface area contributed by atoms with E-state index in [1.165, 1.54) is 0 Å². The fourth-order valence-corrected chi connectivity index (χ4v) is 6.50. The largest absolute Gasteiger partial charge is 0.478 e. The molecule has 292 valence electrons. The third kappa shape index (κ3) is 11.9. The summed E-state index contributed by atoms with van der Waals surface area (Å²) >= 11 is 0. The van der Waals surface area contributed by atoms with Crippen LogP contribution >= 0.6 is 12.4 Å². The molecule has 0 spiro atoms. The Balaban J connectivity index is 0.000000221. The van der Waals surface area contributed by atoms with E-state index in [1.807, 2.05) is 53.7 Å². The van der Waals surface area contributed by atoms with Gasteiger partial charge in [-0.1, -0.05) is 18.2 Å². The second kappa shape index (κ2) is 17.8. The average Bonchev–Trinajstić information content (AvgIpc) is 3.76. The number of carboxylic acid groups (broad SMARTS) is 2. The number of fused-ring (bicyclic) bond motifs is 3. The maximum atomic E-state index is 11.8. The fraction of sp³-hybridized carbons (Fsp3) is 0.425. The van der Waals surface area contributed by atoms with Gasteiger partial charge in [-0.15, -0.1) is 12.4 Å². The summed E-state index contributed by atoms with van der Waals surface area (Å²) < 4.78 is 10.5. The van der Waals surface area contributed by atoms with Crippen LogP contribution in [0.1, 0.15) is 143 Å². The van der Waals surface area contributed by atoms with Gasteiger partial charge in [0.2, 0.25) is 5.91 Å². The van der Waals surface area contributed by atoms with E-state index >= 15 is 0 Å². The zero-order chi connectivity index (χ0) is 39.2. The van der Waals surface area contributed by atoms with Gasteiger partial charge in [0.15, 0.2) is 0 Å². The van der Waals surface area contributed by atoms with Crippen molar-refractivity contribution in [3.8, 4) is 0 Å². The van der Waals surface area contributed by atoms with E-state index in [4.69, 9.17) is 31.2 Å². The van der Waals surface area contributed by atoms with Gasteiger partial charge in [0, 0.05) is 11.6 Å². The van der Waals surface area contributed by atoms with E-state index in [0.29, 0.717) is 11.1 Å². The number of aromatic carboxylic acids is 2. The summed E-state index contributed by atoms with van der Waals surface area (Å²) in [6.07, 6.45) is 4.10. The highest BCUT2D eigenvalue weighted by molar-refractivity contribution is 5.93. The molecule has 14 heteroatoms. The van der Waals surface area contributed by atoms with E-state index in [9.17, 15) is 24.0 Å². The highest BCUT2D eigenvalue weighted by Gasteiger charge is 2.28. The molecule has 0 fully saturated rings. The van der Waals surface area contributed by atoms with Crippen molar-refractivity contribution >= 4 is 42.4 Å². The Morgan fingerprint density at radius 1 is 0.611 bits per heavy atom. The van der Waals surface area contributed by atoms with Crippen molar-refractivity contribution < 1.29 is 43.7 Å². The predicted octanol–water partition coefficient (Wildman–Crippen LogP) is 6.95. The fourth-order valence-electron chi connectivity index (χ4n) is 6.50. The summed E-state index contributed by atoms with van der Waals surface area (Å²) in [5.41, 5.74) is 17.4. The molecule has 0 aliphatic heterocycles. The SMILES string of the molecule is CC(C)(C)OC(=O)N[C@H]1CCc2cc(C(=O)O)ccc21.CC(C)(C)OC(=O)N[C@H]1CCc2cc(C(N)=O)ccc21.Cl.N[C@H]1CCc2cc(C(=O)O)ccc21. The lowest BCUT2D eigenvalue weighted by molar-refractivity contribution is 0.0492. The molecule has 8 N–H and O–H groups in total. The van der Waals surface area contributed by atoms with Crippen LogP contribution in [0.3, 0.4) is 0 Å². The maximum absolute atomic E-state index is 11.8. The Hall–Kier alpha value is -5.14. The summed E-state index contributed by atoms with van der Waals surface area (Å²) in [6, 6.07) is 15.4. The molecular weight excluding hydrogens is 716 g/mol. The highest BCUT2D eigenvalue weighted by Crippen LogP contribution is 2.33. The number of nitrogens with one attached hydrogen (secondary N) is 2. The Bertz CT molecular complexity index is 1780. The van der Waals surface area contributed by atoms with Crippen LogP contribution in [0.15, 0.2) is 54.6 Å². The summed E-state index contributed by atoms with van der Waals surface area (Å²) in [6.45, 7) is 10.9. The van der Waals surface area contributed by atoms with Gasteiger partial charge in [-0.3, -0.25) is 4.79 Å². The van der Waals surface area contributed by atoms with Crippen molar-refractivity contribution in [3.63, 3.8) is 0 Å². The second-order valence-electron chi connectivity index (χ2n) is 15.3. The number of carbonyl (C=O) groups excluding carboxylic acids is 3. The van der Waals surface area contributed by atoms with Crippen LogP contribution in [-0.2, 0) is 28.7 Å². The van der Waals surface area contributed by atoms with Gasteiger partial charge in [0.05, 0.1) is 23.2 Å². The maximum Gasteiger partial charge on any atom is 0.408 e. The molecule has 54 heavy (non-hydrogen) atoms. The standard InChI is InChI=1S/C15H20N2O3.C15H19NO4.C10H11NO2.ClH/c1-15(2,3)20-14(19)17-12-7-5-9-8-10(13(16)18)4-6-11(9)12;1-15(2,3)20-14(19)16-12-7-5-9-8-10(13(17)18)4-6-11(9)12;11-9-4-2-6-5-7(10(12)13)1-3-8(6)9;/h4,6,8,12H,5,7H2,1-3H3,(H2,16,18)(H,17,19);4,6,8,12H,5,7H2,1-3H3,(H,16,19)(H,17,18);1,3,5,9H,2,4,11H2,(H,12,13);1H/t2*12-;9-;/m000./s1. The van der Waals surface area contributed by atoms with Crippen molar-refractivity contribution in [2.75, 3.05) is 0 Å². The minimum absolute atomic E-state index is 0. The highest BCUT2D eigenvalue weighted by atomic mass is 35.5. The molecule has 0 unspecified atom stereocenters. The number of carbonyl (C=O) groups is 5. The zero-order valence-corrected chi connectivity index (χ0v) is 32.3. The topological polar surface area (TPSA) is 220 Å². The zero-order valence-electron chi connectivity index (χ0n) is 31.5. The molecule has 3 aromatic carbocycles. The molecular formula is C40H51ClN4O9. The summed E-state index contributed by atoms with van der Waals surface area (Å²) in [5.74, 6) is -2.24. The number of hydrogen-bond acceptors (Lipinski definition) is 8. The average molecular weight is 767 g/mol. The van der Waals surface area contributed by atoms with Crippen molar-refractivity contribution in [2.24, 2.45) is 11.5 Å². The first-order valence-electron chi connectivity index (χ1n) is 17.6. The normalized spacial score (nSPS) is 17.7. The molecule has 3 atom stereocenters. The number of alkyl carbamates (subject to hydrolysis) is 2. The lowest BCUT2D eigenvalue weighted by atomic mass is 10.0. The van der Waals surface area contributed by atoms with Crippen molar-refractivity contribution in [2.45, 2.75) is 109 Å². The third-order valence-corrected chi connectivity index (χ3v) is 8.87. The lowest BCUT2D eigenvalue weighted by Crippen LogP contribution is -2.34. The molecule has 0 saturated heterocycles. The first-order valence-corrected chi connectivity index (χ1v) is 17.6. The molecule has 3 aliphatic carbocycles. The van der Waals surface area contributed by atoms with E-state index in [1.54, 1.807) is 42.5 Å². The Kier molecular flexibility index (Phi) is 14.3. The number of aryl methyl sites for hydroxylation is 3. The van der Waals surface area contributed by atoms with Gasteiger partial charge in [-0.2, -0.15) is 0 Å². The number of hydrogen-bond donors (Lipinski definition) is 6. The number of ether oxygens (including phenoxy) is 2. The second-order valence-corrected chi connectivity index (χ2v) is 15.3. The van der Waals surface area contributed by atoms with Gasteiger partial charge in [0.1, 0.15) is 11.2 Å². The summed E-state index contributed by atoms with van der Waals surface area (Å²) in [4.78, 5) is 56.3. The molecule has 13 nitrogen and oxygen atoms in total. The quantitative estimate of drug-likeness (QED) is 0.157. The molecule has 3 amide bonds. The van der Waals surface area contributed by atoms with Crippen LogP contribution in [0.2, 0.25) is 0 Å². The molecule has 6 rings (SSSR count). The van der Waals surface area contributed by atoms with Gasteiger partial charge in [-0.05, 0) is 150 Å². The van der Waals surface area contributed by atoms with Crippen LogP contribution in [0, 0.1) is 0 Å².